The average Bonchev–Trinajstić information content (AvgIpc) is 2.97. The first-order valence-electron chi connectivity index (χ1n) is 7.96. The molecule has 1 aliphatic rings. The van der Waals surface area contributed by atoms with Gasteiger partial charge in [-0.1, -0.05) is 0 Å². The summed E-state index contributed by atoms with van der Waals surface area (Å²) in [6.45, 7) is 9.70. The number of guanidine groups is 1. The van der Waals surface area contributed by atoms with Crippen LogP contribution in [0.3, 0.4) is 0 Å². The standard InChI is InChI=1S/C15H31N3O3S/c1-15(2,3)22(19)11-8-18-14(16-4)17-7-5-9-21-13-6-10-20-12-13/h13H,5-12H2,1-4H3,(H2,16,17,18). The zero-order valence-corrected chi connectivity index (χ0v) is 15.1. The minimum absolute atomic E-state index is 0.167. The summed E-state index contributed by atoms with van der Waals surface area (Å²) in [7, 11) is 0.895. The smallest absolute Gasteiger partial charge is 0.191 e. The molecule has 0 radical (unpaired) electrons. The van der Waals surface area contributed by atoms with Gasteiger partial charge in [-0.25, -0.2) is 0 Å². The van der Waals surface area contributed by atoms with Gasteiger partial charge >= 0.3 is 0 Å². The molecule has 7 heteroatoms. The van der Waals surface area contributed by atoms with Crippen LogP contribution >= 0.6 is 0 Å². The molecule has 1 fully saturated rings. The van der Waals surface area contributed by atoms with Gasteiger partial charge < -0.3 is 20.1 Å². The minimum atomic E-state index is -0.843. The summed E-state index contributed by atoms with van der Waals surface area (Å²) in [5.41, 5.74) is 0. The van der Waals surface area contributed by atoms with Crippen LogP contribution in [-0.4, -0.2) is 66.7 Å². The molecule has 2 N–H and O–H groups in total. The van der Waals surface area contributed by atoms with Crippen molar-refractivity contribution in [2.24, 2.45) is 4.99 Å². The van der Waals surface area contributed by atoms with Crippen LogP contribution < -0.4 is 10.6 Å². The molecule has 0 saturated carbocycles. The lowest BCUT2D eigenvalue weighted by molar-refractivity contribution is 0.0420. The molecule has 0 aliphatic carbocycles. The Morgan fingerprint density at radius 2 is 2.09 bits per heavy atom. The van der Waals surface area contributed by atoms with Crippen LogP contribution in [0, 0.1) is 0 Å². The summed E-state index contributed by atoms with van der Waals surface area (Å²) in [4.78, 5) is 4.16. The monoisotopic (exact) mass is 333 g/mol. The van der Waals surface area contributed by atoms with E-state index in [-0.39, 0.29) is 10.9 Å². The maximum Gasteiger partial charge on any atom is 0.191 e. The van der Waals surface area contributed by atoms with Crippen molar-refractivity contribution < 1.29 is 13.7 Å². The first-order chi connectivity index (χ1) is 10.4. The molecule has 22 heavy (non-hydrogen) atoms. The number of nitrogens with one attached hydrogen (secondary N) is 2. The van der Waals surface area contributed by atoms with E-state index in [0.717, 1.165) is 45.2 Å². The molecule has 0 aromatic carbocycles. The maximum absolute atomic E-state index is 11.9. The molecular formula is C15H31N3O3S. The van der Waals surface area contributed by atoms with Crippen LogP contribution in [0.1, 0.15) is 33.6 Å². The fraction of sp³-hybridized carbons (Fsp3) is 0.933. The Labute approximate surface area is 136 Å². The highest BCUT2D eigenvalue weighted by Crippen LogP contribution is 2.10. The van der Waals surface area contributed by atoms with Crippen LogP contribution in [0.25, 0.3) is 0 Å². The highest BCUT2D eigenvalue weighted by molar-refractivity contribution is 7.86. The van der Waals surface area contributed by atoms with Gasteiger partial charge in [-0.3, -0.25) is 9.20 Å². The van der Waals surface area contributed by atoms with E-state index < -0.39 is 10.8 Å². The molecule has 1 saturated heterocycles. The Morgan fingerprint density at radius 3 is 2.68 bits per heavy atom. The van der Waals surface area contributed by atoms with E-state index in [1.165, 1.54) is 0 Å². The third kappa shape index (κ3) is 8.10. The van der Waals surface area contributed by atoms with Crippen molar-refractivity contribution in [3.63, 3.8) is 0 Å². The molecule has 6 nitrogen and oxygen atoms in total. The first kappa shape index (κ1) is 19.4. The minimum Gasteiger partial charge on any atom is -0.379 e. The second-order valence-electron chi connectivity index (χ2n) is 6.30. The topological polar surface area (TPSA) is 72.0 Å². The second kappa shape index (κ2) is 10.2. The van der Waals surface area contributed by atoms with E-state index in [0.29, 0.717) is 12.3 Å². The molecule has 0 spiro atoms. The molecule has 1 rings (SSSR count). The summed E-state index contributed by atoms with van der Waals surface area (Å²) in [5.74, 6) is 1.37. The van der Waals surface area contributed by atoms with Crippen molar-refractivity contribution in [1.29, 1.82) is 0 Å². The van der Waals surface area contributed by atoms with Crippen molar-refractivity contribution in [2.45, 2.75) is 44.5 Å². The lowest BCUT2D eigenvalue weighted by Gasteiger charge is -2.18. The third-order valence-corrected chi connectivity index (χ3v) is 5.28. The molecule has 0 amide bonds. The number of nitrogens with zero attached hydrogens (tertiary/aromatic N) is 1. The van der Waals surface area contributed by atoms with Crippen molar-refractivity contribution in [3.05, 3.63) is 0 Å². The predicted molar refractivity (Wildman–Crippen MR) is 91.9 cm³/mol. The fourth-order valence-corrected chi connectivity index (χ4v) is 2.86. The van der Waals surface area contributed by atoms with Gasteiger partial charge in [0.1, 0.15) is 0 Å². The van der Waals surface area contributed by atoms with Crippen molar-refractivity contribution >= 4 is 16.8 Å². The Bertz CT molecular complexity index is 364. The fourth-order valence-electron chi connectivity index (χ4n) is 1.96. The van der Waals surface area contributed by atoms with Gasteiger partial charge in [0.2, 0.25) is 0 Å². The van der Waals surface area contributed by atoms with Gasteiger partial charge in [0.15, 0.2) is 5.96 Å². The van der Waals surface area contributed by atoms with Gasteiger partial charge in [-0.2, -0.15) is 0 Å². The van der Waals surface area contributed by atoms with E-state index in [1.807, 2.05) is 20.8 Å². The van der Waals surface area contributed by atoms with Crippen LogP contribution in [0.2, 0.25) is 0 Å². The Balaban J connectivity index is 2.05. The summed E-state index contributed by atoms with van der Waals surface area (Å²) in [6, 6.07) is 0. The third-order valence-electron chi connectivity index (χ3n) is 3.34. The van der Waals surface area contributed by atoms with Crippen LogP contribution in [0.15, 0.2) is 4.99 Å². The van der Waals surface area contributed by atoms with Crippen molar-refractivity contribution in [1.82, 2.24) is 10.6 Å². The number of hydrogen-bond acceptors (Lipinski definition) is 4. The Hall–Kier alpha value is -0.660. The van der Waals surface area contributed by atoms with Crippen molar-refractivity contribution in [2.75, 3.05) is 45.7 Å². The molecule has 0 aromatic heterocycles. The van der Waals surface area contributed by atoms with Gasteiger partial charge in [0, 0.05) is 54.7 Å². The number of aliphatic imine (C=N–C) groups is 1. The van der Waals surface area contributed by atoms with E-state index in [2.05, 4.69) is 15.6 Å². The Morgan fingerprint density at radius 1 is 1.36 bits per heavy atom. The van der Waals surface area contributed by atoms with Crippen LogP contribution in [0.4, 0.5) is 0 Å². The highest BCUT2D eigenvalue weighted by atomic mass is 32.2. The summed E-state index contributed by atoms with van der Waals surface area (Å²) in [5, 5.41) is 6.43. The molecule has 0 aromatic rings. The Kier molecular flexibility index (Phi) is 8.97. The van der Waals surface area contributed by atoms with Gasteiger partial charge in [0.25, 0.3) is 0 Å². The number of hydrogen-bond donors (Lipinski definition) is 2. The molecular weight excluding hydrogens is 302 g/mol. The van der Waals surface area contributed by atoms with Crippen LogP contribution in [-0.2, 0) is 20.3 Å². The van der Waals surface area contributed by atoms with E-state index in [1.54, 1.807) is 7.05 Å². The van der Waals surface area contributed by atoms with Gasteiger partial charge in [-0.05, 0) is 33.6 Å². The zero-order chi connectivity index (χ0) is 16.4. The van der Waals surface area contributed by atoms with E-state index >= 15 is 0 Å². The first-order valence-corrected chi connectivity index (χ1v) is 9.27. The van der Waals surface area contributed by atoms with Crippen LogP contribution in [0.5, 0.6) is 0 Å². The van der Waals surface area contributed by atoms with E-state index in [9.17, 15) is 4.21 Å². The molecule has 2 unspecified atom stereocenters. The van der Waals surface area contributed by atoms with Gasteiger partial charge in [0.05, 0.1) is 12.7 Å². The summed E-state index contributed by atoms with van der Waals surface area (Å²) in [6.07, 6.45) is 2.19. The molecule has 1 aliphatic heterocycles. The molecule has 0 bridgehead atoms. The zero-order valence-electron chi connectivity index (χ0n) is 14.3. The number of ether oxygens (including phenoxy) is 2. The van der Waals surface area contributed by atoms with E-state index in [4.69, 9.17) is 9.47 Å². The SMILES string of the molecule is CN=C(NCCCOC1CCOC1)NCCS(=O)C(C)(C)C. The highest BCUT2D eigenvalue weighted by Gasteiger charge is 2.18. The summed E-state index contributed by atoms with van der Waals surface area (Å²) < 4.78 is 22.7. The summed E-state index contributed by atoms with van der Waals surface area (Å²) >= 11 is 0. The van der Waals surface area contributed by atoms with Crippen molar-refractivity contribution in [3.8, 4) is 0 Å². The molecule has 1 heterocycles. The second-order valence-corrected chi connectivity index (χ2v) is 8.62. The largest absolute Gasteiger partial charge is 0.379 e. The lowest BCUT2D eigenvalue weighted by Crippen LogP contribution is -2.41. The predicted octanol–water partition coefficient (Wildman–Crippen LogP) is 0.894. The maximum atomic E-state index is 11.9. The quantitative estimate of drug-likeness (QED) is 0.392. The normalized spacial score (nSPS) is 20.9. The molecule has 2 atom stereocenters. The lowest BCUT2D eigenvalue weighted by atomic mass is 10.3. The average molecular weight is 333 g/mol. The van der Waals surface area contributed by atoms with Gasteiger partial charge in [-0.15, -0.1) is 0 Å². The molecule has 130 valence electrons. The number of rotatable bonds is 8.